The van der Waals surface area contributed by atoms with E-state index in [4.69, 9.17) is 11.5 Å². The summed E-state index contributed by atoms with van der Waals surface area (Å²) in [4.78, 5) is 7.17. The van der Waals surface area contributed by atoms with Gasteiger partial charge in [0.15, 0.2) is 0 Å². The molecule has 0 atom stereocenters. The number of nitrogens with zero attached hydrogens (tertiary/aromatic N) is 2. The zero-order valence-electron chi connectivity index (χ0n) is 5.33. The van der Waals surface area contributed by atoms with E-state index in [1.807, 2.05) is 0 Å². The van der Waals surface area contributed by atoms with E-state index in [2.05, 4.69) is 16.6 Å². The molecular weight excluding hydrogens is 116 g/mol. The molecule has 0 aliphatic carbocycles. The first-order chi connectivity index (χ1) is 4.20. The SMILES string of the molecule is C=C/C(N)=N\C(N)=N/C. The van der Waals surface area contributed by atoms with Crippen molar-refractivity contribution in [1.29, 1.82) is 0 Å². The van der Waals surface area contributed by atoms with E-state index in [0.717, 1.165) is 0 Å². The van der Waals surface area contributed by atoms with Crippen LogP contribution >= 0.6 is 0 Å². The van der Waals surface area contributed by atoms with Crippen LogP contribution < -0.4 is 11.5 Å². The molecule has 0 heterocycles. The largest absolute Gasteiger partial charge is 0.384 e. The van der Waals surface area contributed by atoms with Crippen molar-refractivity contribution in [1.82, 2.24) is 0 Å². The normalized spacial score (nSPS) is 13.4. The molecule has 4 heteroatoms. The second-order valence-electron chi connectivity index (χ2n) is 1.32. The van der Waals surface area contributed by atoms with Crippen molar-refractivity contribution in [3.63, 3.8) is 0 Å². The summed E-state index contributed by atoms with van der Waals surface area (Å²) in [5.74, 6) is 0.436. The van der Waals surface area contributed by atoms with Gasteiger partial charge in [-0.1, -0.05) is 6.58 Å². The van der Waals surface area contributed by atoms with Crippen molar-refractivity contribution < 1.29 is 0 Å². The number of aliphatic imine (C=N–C) groups is 2. The van der Waals surface area contributed by atoms with Gasteiger partial charge in [0, 0.05) is 7.05 Å². The van der Waals surface area contributed by atoms with Gasteiger partial charge >= 0.3 is 0 Å². The molecule has 0 saturated carbocycles. The topological polar surface area (TPSA) is 76.8 Å². The number of nitrogens with two attached hydrogens (primary N) is 2. The predicted molar refractivity (Wildman–Crippen MR) is 39.4 cm³/mol. The van der Waals surface area contributed by atoms with Crippen LogP contribution in [-0.4, -0.2) is 18.8 Å². The zero-order valence-corrected chi connectivity index (χ0v) is 5.33. The molecule has 0 aromatic carbocycles. The monoisotopic (exact) mass is 126 g/mol. The molecular formula is C5H10N4. The van der Waals surface area contributed by atoms with Crippen LogP contribution in [0.2, 0.25) is 0 Å². The lowest BCUT2D eigenvalue weighted by atomic mass is 10.6. The molecule has 4 N–H and O–H groups in total. The highest BCUT2D eigenvalue weighted by Gasteiger charge is 1.83. The van der Waals surface area contributed by atoms with Crippen molar-refractivity contribution in [2.45, 2.75) is 0 Å². The minimum absolute atomic E-state index is 0.160. The molecule has 0 saturated heterocycles. The van der Waals surface area contributed by atoms with E-state index in [1.54, 1.807) is 0 Å². The second-order valence-corrected chi connectivity index (χ2v) is 1.32. The molecule has 0 aromatic heterocycles. The molecule has 0 unspecified atom stereocenters. The van der Waals surface area contributed by atoms with E-state index in [1.165, 1.54) is 13.1 Å². The van der Waals surface area contributed by atoms with Crippen molar-refractivity contribution in [2.24, 2.45) is 21.5 Å². The molecule has 0 aromatic rings. The van der Waals surface area contributed by atoms with Crippen LogP contribution in [0, 0.1) is 0 Å². The Labute approximate surface area is 54.0 Å². The molecule has 0 fully saturated rings. The number of guanidine groups is 1. The summed E-state index contributed by atoms with van der Waals surface area (Å²) in [6.45, 7) is 3.38. The Kier molecular flexibility index (Phi) is 3.12. The van der Waals surface area contributed by atoms with Gasteiger partial charge in [-0.25, -0.2) is 0 Å². The van der Waals surface area contributed by atoms with Crippen LogP contribution in [0.1, 0.15) is 0 Å². The summed E-state index contributed by atoms with van der Waals surface area (Å²) in [6.07, 6.45) is 1.40. The van der Waals surface area contributed by atoms with Crippen LogP contribution in [0.5, 0.6) is 0 Å². The predicted octanol–water partition coefficient (Wildman–Crippen LogP) is -0.526. The summed E-state index contributed by atoms with van der Waals surface area (Å²) in [6, 6.07) is 0. The summed E-state index contributed by atoms with van der Waals surface area (Å²) < 4.78 is 0. The average Bonchev–Trinajstić information content (AvgIpc) is 1.87. The maximum atomic E-state index is 5.22. The Balaban J connectivity index is 4.11. The lowest BCUT2D eigenvalue weighted by molar-refractivity contribution is 1.35. The van der Waals surface area contributed by atoms with E-state index >= 15 is 0 Å². The highest BCUT2D eigenvalue weighted by molar-refractivity contribution is 6.00. The first-order valence-electron chi connectivity index (χ1n) is 2.39. The fourth-order valence-corrected chi connectivity index (χ4v) is 0.228. The lowest BCUT2D eigenvalue weighted by Gasteiger charge is -1.89. The maximum Gasteiger partial charge on any atom is 0.216 e. The summed E-state index contributed by atoms with van der Waals surface area (Å²) in [7, 11) is 1.54. The average molecular weight is 126 g/mol. The van der Waals surface area contributed by atoms with E-state index in [0.29, 0.717) is 0 Å². The van der Waals surface area contributed by atoms with Gasteiger partial charge in [-0.2, -0.15) is 4.99 Å². The summed E-state index contributed by atoms with van der Waals surface area (Å²) >= 11 is 0. The van der Waals surface area contributed by atoms with E-state index in [9.17, 15) is 0 Å². The first-order valence-corrected chi connectivity index (χ1v) is 2.39. The number of hydrogen-bond donors (Lipinski definition) is 2. The van der Waals surface area contributed by atoms with E-state index in [-0.39, 0.29) is 11.8 Å². The molecule has 0 aliphatic heterocycles. The van der Waals surface area contributed by atoms with Gasteiger partial charge in [-0.05, 0) is 6.08 Å². The Morgan fingerprint density at radius 2 is 2.11 bits per heavy atom. The van der Waals surface area contributed by atoms with Crippen molar-refractivity contribution in [3.8, 4) is 0 Å². The molecule has 0 radical (unpaired) electrons. The molecule has 50 valence electrons. The third-order valence-electron chi connectivity index (χ3n) is 0.682. The maximum absolute atomic E-state index is 5.22. The second kappa shape index (κ2) is 3.65. The summed E-state index contributed by atoms with van der Waals surface area (Å²) in [5.41, 5.74) is 10.4. The Bertz CT molecular complexity index is 156. The third-order valence-corrected chi connectivity index (χ3v) is 0.682. The Hall–Kier alpha value is -1.32. The molecule has 0 rings (SSSR count). The summed E-state index contributed by atoms with van der Waals surface area (Å²) in [5, 5.41) is 0. The van der Waals surface area contributed by atoms with Gasteiger partial charge in [0.2, 0.25) is 5.96 Å². The number of amidine groups is 1. The lowest BCUT2D eigenvalue weighted by Crippen LogP contribution is -2.15. The van der Waals surface area contributed by atoms with Crippen LogP contribution in [0.15, 0.2) is 22.6 Å². The molecule has 0 spiro atoms. The van der Waals surface area contributed by atoms with Gasteiger partial charge < -0.3 is 11.5 Å². The van der Waals surface area contributed by atoms with Gasteiger partial charge in [0.05, 0.1) is 0 Å². The molecule has 4 nitrogen and oxygen atoms in total. The van der Waals surface area contributed by atoms with E-state index < -0.39 is 0 Å². The Morgan fingerprint density at radius 1 is 1.56 bits per heavy atom. The van der Waals surface area contributed by atoms with Gasteiger partial charge in [-0.3, -0.25) is 4.99 Å². The van der Waals surface area contributed by atoms with Crippen molar-refractivity contribution in [3.05, 3.63) is 12.7 Å². The van der Waals surface area contributed by atoms with Gasteiger partial charge in [-0.15, -0.1) is 0 Å². The van der Waals surface area contributed by atoms with Crippen LogP contribution in [0.25, 0.3) is 0 Å². The highest BCUT2D eigenvalue weighted by Crippen LogP contribution is 1.71. The Morgan fingerprint density at radius 3 is 2.44 bits per heavy atom. The number of hydrogen-bond acceptors (Lipinski definition) is 1. The molecule has 0 aliphatic rings. The van der Waals surface area contributed by atoms with Crippen LogP contribution in [0.3, 0.4) is 0 Å². The van der Waals surface area contributed by atoms with Crippen LogP contribution in [-0.2, 0) is 0 Å². The number of rotatable bonds is 1. The quantitative estimate of drug-likeness (QED) is 0.366. The van der Waals surface area contributed by atoms with Gasteiger partial charge in [0.25, 0.3) is 0 Å². The first kappa shape index (κ1) is 7.68. The smallest absolute Gasteiger partial charge is 0.216 e. The molecule has 0 bridgehead atoms. The van der Waals surface area contributed by atoms with Crippen LogP contribution in [0.4, 0.5) is 0 Å². The molecule has 9 heavy (non-hydrogen) atoms. The third kappa shape index (κ3) is 3.28. The van der Waals surface area contributed by atoms with Crippen molar-refractivity contribution in [2.75, 3.05) is 7.05 Å². The highest BCUT2D eigenvalue weighted by atomic mass is 15.0. The fraction of sp³-hybridized carbons (Fsp3) is 0.200. The standard InChI is InChI=1S/C5H10N4/c1-3-4(6)9-5(7)8-2/h3H,1H2,2H3,(H4,6,7,8,9). The minimum Gasteiger partial charge on any atom is -0.384 e. The molecule has 0 amide bonds. The van der Waals surface area contributed by atoms with Crippen molar-refractivity contribution >= 4 is 11.8 Å². The fourth-order valence-electron chi connectivity index (χ4n) is 0.228. The minimum atomic E-state index is 0.160. The van der Waals surface area contributed by atoms with Gasteiger partial charge in [0.1, 0.15) is 5.84 Å². The zero-order chi connectivity index (χ0) is 7.28.